The third-order valence-corrected chi connectivity index (χ3v) is 2.44. The van der Waals surface area contributed by atoms with Crippen LogP contribution < -0.4 is 10.6 Å². The van der Waals surface area contributed by atoms with Gasteiger partial charge in [0.15, 0.2) is 0 Å². The summed E-state index contributed by atoms with van der Waals surface area (Å²) >= 11 is 3.28. The minimum Gasteiger partial charge on any atom is -0.346 e. The minimum absolute atomic E-state index is 0.0579. The SMILES string of the molecule is CC(C)NC(=O)C(=O)Nc1ccccc1Br. The quantitative estimate of drug-likeness (QED) is 0.815. The molecule has 0 radical (unpaired) electrons. The molecule has 0 spiro atoms. The lowest BCUT2D eigenvalue weighted by atomic mass is 10.3. The normalized spacial score (nSPS) is 10.0. The van der Waals surface area contributed by atoms with Crippen molar-refractivity contribution in [3.8, 4) is 0 Å². The molecular weight excluding hydrogens is 272 g/mol. The topological polar surface area (TPSA) is 58.2 Å². The molecule has 1 aromatic carbocycles. The predicted octanol–water partition coefficient (Wildman–Crippen LogP) is 1.91. The van der Waals surface area contributed by atoms with Gasteiger partial charge in [-0.2, -0.15) is 0 Å². The number of nitrogens with one attached hydrogen (secondary N) is 2. The van der Waals surface area contributed by atoms with Gasteiger partial charge in [0.25, 0.3) is 0 Å². The Labute approximate surface area is 103 Å². The Morgan fingerprint density at radius 2 is 1.81 bits per heavy atom. The van der Waals surface area contributed by atoms with Gasteiger partial charge in [0.1, 0.15) is 0 Å². The first-order chi connectivity index (χ1) is 7.50. The van der Waals surface area contributed by atoms with E-state index in [4.69, 9.17) is 0 Å². The monoisotopic (exact) mass is 284 g/mol. The van der Waals surface area contributed by atoms with Crippen molar-refractivity contribution in [1.29, 1.82) is 0 Å². The van der Waals surface area contributed by atoms with Gasteiger partial charge >= 0.3 is 11.8 Å². The Morgan fingerprint density at radius 1 is 1.19 bits per heavy atom. The Hall–Kier alpha value is -1.36. The van der Waals surface area contributed by atoms with Gasteiger partial charge in [0, 0.05) is 10.5 Å². The second-order valence-electron chi connectivity index (χ2n) is 3.56. The van der Waals surface area contributed by atoms with E-state index in [2.05, 4.69) is 26.6 Å². The van der Waals surface area contributed by atoms with E-state index in [0.717, 1.165) is 4.47 Å². The molecule has 4 nitrogen and oxygen atoms in total. The number of hydrogen-bond donors (Lipinski definition) is 2. The largest absolute Gasteiger partial charge is 0.346 e. The standard InChI is InChI=1S/C11H13BrN2O2/c1-7(2)13-10(15)11(16)14-9-6-4-3-5-8(9)12/h3-7H,1-2H3,(H,13,15)(H,14,16). The highest BCUT2D eigenvalue weighted by molar-refractivity contribution is 9.10. The summed E-state index contributed by atoms with van der Waals surface area (Å²) in [6, 6.07) is 7.05. The highest BCUT2D eigenvalue weighted by Crippen LogP contribution is 2.20. The number of rotatable bonds is 2. The van der Waals surface area contributed by atoms with Crippen molar-refractivity contribution in [3.63, 3.8) is 0 Å². The first kappa shape index (κ1) is 12.7. The summed E-state index contributed by atoms with van der Waals surface area (Å²) in [6.45, 7) is 3.59. The fourth-order valence-corrected chi connectivity index (χ4v) is 1.45. The molecule has 2 amide bonds. The number of hydrogen-bond acceptors (Lipinski definition) is 2. The van der Waals surface area contributed by atoms with Crippen LogP contribution in [-0.4, -0.2) is 17.9 Å². The van der Waals surface area contributed by atoms with Crippen LogP contribution in [0.15, 0.2) is 28.7 Å². The lowest BCUT2D eigenvalue weighted by molar-refractivity contribution is -0.136. The van der Waals surface area contributed by atoms with Gasteiger partial charge in [-0.3, -0.25) is 9.59 Å². The fourth-order valence-electron chi connectivity index (χ4n) is 1.07. The Morgan fingerprint density at radius 3 is 2.38 bits per heavy atom. The van der Waals surface area contributed by atoms with Crippen LogP contribution in [0.5, 0.6) is 0 Å². The van der Waals surface area contributed by atoms with Gasteiger partial charge in [-0.15, -0.1) is 0 Å². The molecule has 5 heteroatoms. The molecule has 0 aliphatic heterocycles. The van der Waals surface area contributed by atoms with Crippen LogP contribution >= 0.6 is 15.9 Å². The number of benzene rings is 1. The van der Waals surface area contributed by atoms with Crippen LogP contribution in [0.1, 0.15) is 13.8 Å². The van der Waals surface area contributed by atoms with Crippen LogP contribution in [0.4, 0.5) is 5.69 Å². The average molecular weight is 285 g/mol. The smallest absolute Gasteiger partial charge is 0.313 e. The first-order valence-electron chi connectivity index (χ1n) is 4.87. The number of amides is 2. The molecule has 1 aromatic rings. The van der Waals surface area contributed by atoms with E-state index in [-0.39, 0.29) is 6.04 Å². The first-order valence-corrected chi connectivity index (χ1v) is 5.66. The van der Waals surface area contributed by atoms with Crippen molar-refractivity contribution in [2.24, 2.45) is 0 Å². The van der Waals surface area contributed by atoms with Gasteiger partial charge < -0.3 is 10.6 Å². The average Bonchev–Trinajstić information content (AvgIpc) is 2.20. The maximum atomic E-state index is 11.5. The molecule has 0 fully saturated rings. The Balaban J connectivity index is 2.65. The zero-order chi connectivity index (χ0) is 12.1. The molecule has 2 N–H and O–H groups in total. The number of carbonyl (C=O) groups is 2. The summed E-state index contributed by atoms with van der Waals surface area (Å²) < 4.78 is 0.737. The van der Waals surface area contributed by atoms with E-state index in [1.165, 1.54) is 0 Å². The second kappa shape index (κ2) is 5.65. The van der Waals surface area contributed by atoms with Gasteiger partial charge in [-0.25, -0.2) is 0 Å². The summed E-state index contributed by atoms with van der Waals surface area (Å²) in [6.07, 6.45) is 0. The summed E-state index contributed by atoms with van der Waals surface area (Å²) in [4.78, 5) is 22.8. The molecule has 0 unspecified atom stereocenters. The van der Waals surface area contributed by atoms with E-state index >= 15 is 0 Å². The van der Waals surface area contributed by atoms with E-state index < -0.39 is 11.8 Å². The van der Waals surface area contributed by atoms with Crippen LogP contribution in [0.25, 0.3) is 0 Å². The predicted molar refractivity (Wildman–Crippen MR) is 66.1 cm³/mol. The molecule has 0 saturated heterocycles. The molecule has 0 atom stereocenters. The molecule has 0 saturated carbocycles. The van der Waals surface area contributed by atoms with E-state index in [1.807, 2.05) is 6.07 Å². The molecule has 0 heterocycles. The van der Waals surface area contributed by atoms with Crippen LogP contribution in [0, 0.1) is 0 Å². The van der Waals surface area contributed by atoms with Gasteiger partial charge in [0.05, 0.1) is 5.69 Å². The van der Waals surface area contributed by atoms with Crippen LogP contribution in [-0.2, 0) is 9.59 Å². The fraction of sp³-hybridized carbons (Fsp3) is 0.273. The summed E-state index contributed by atoms with van der Waals surface area (Å²) in [5.41, 5.74) is 0.575. The zero-order valence-corrected chi connectivity index (χ0v) is 10.7. The third-order valence-electron chi connectivity index (χ3n) is 1.75. The van der Waals surface area contributed by atoms with E-state index in [0.29, 0.717) is 5.69 Å². The number of halogens is 1. The molecule has 1 rings (SSSR count). The summed E-state index contributed by atoms with van der Waals surface area (Å²) in [5, 5.41) is 5.03. The molecule has 0 bridgehead atoms. The molecule has 86 valence electrons. The zero-order valence-electron chi connectivity index (χ0n) is 9.08. The number of para-hydroxylation sites is 1. The van der Waals surface area contributed by atoms with E-state index in [1.54, 1.807) is 32.0 Å². The number of anilines is 1. The Kier molecular flexibility index (Phi) is 4.49. The molecule has 16 heavy (non-hydrogen) atoms. The van der Waals surface area contributed by atoms with E-state index in [9.17, 15) is 9.59 Å². The molecule has 0 aliphatic rings. The van der Waals surface area contributed by atoms with Gasteiger partial charge in [-0.05, 0) is 41.9 Å². The summed E-state index contributed by atoms with van der Waals surface area (Å²) in [7, 11) is 0. The maximum absolute atomic E-state index is 11.5. The van der Waals surface area contributed by atoms with Crippen LogP contribution in [0.2, 0.25) is 0 Å². The van der Waals surface area contributed by atoms with Gasteiger partial charge in [0.2, 0.25) is 0 Å². The third kappa shape index (κ3) is 3.66. The molecule has 0 aliphatic carbocycles. The van der Waals surface area contributed by atoms with Crippen molar-refractivity contribution >= 4 is 33.4 Å². The highest BCUT2D eigenvalue weighted by Gasteiger charge is 2.15. The molecule has 0 aromatic heterocycles. The van der Waals surface area contributed by atoms with Crippen LogP contribution in [0.3, 0.4) is 0 Å². The van der Waals surface area contributed by atoms with Crippen molar-refractivity contribution in [1.82, 2.24) is 5.32 Å². The molecular formula is C11H13BrN2O2. The lowest BCUT2D eigenvalue weighted by Crippen LogP contribution is -2.39. The van der Waals surface area contributed by atoms with Crippen molar-refractivity contribution in [2.75, 3.05) is 5.32 Å². The Bertz CT molecular complexity index is 405. The van der Waals surface area contributed by atoms with Crippen molar-refractivity contribution < 1.29 is 9.59 Å². The second-order valence-corrected chi connectivity index (χ2v) is 4.42. The van der Waals surface area contributed by atoms with Crippen molar-refractivity contribution in [3.05, 3.63) is 28.7 Å². The number of carbonyl (C=O) groups excluding carboxylic acids is 2. The minimum atomic E-state index is -0.666. The lowest BCUT2D eigenvalue weighted by Gasteiger charge is -2.09. The van der Waals surface area contributed by atoms with Gasteiger partial charge in [-0.1, -0.05) is 12.1 Å². The summed E-state index contributed by atoms with van der Waals surface area (Å²) in [5.74, 6) is -1.30. The maximum Gasteiger partial charge on any atom is 0.313 e. The highest BCUT2D eigenvalue weighted by atomic mass is 79.9. The van der Waals surface area contributed by atoms with Crippen molar-refractivity contribution in [2.45, 2.75) is 19.9 Å².